The minimum Gasteiger partial charge on any atom is -0.378 e. The summed E-state index contributed by atoms with van der Waals surface area (Å²) in [5.41, 5.74) is 0. The van der Waals surface area contributed by atoms with Crippen molar-refractivity contribution in [1.82, 2.24) is 5.32 Å². The highest BCUT2D eigenvalue weighted by Gasteiger charge is 2.13. The Morgan fingerprint density at radius 3 is 2.69 bits per heavy atom. The van der Waals surface area contributed by atoms with Crippen molar-refractivity contribution in [2.24, 2.45) is 0 Å². The second kappa shape index (κ2) is 8.71. The van der Waals surface area contributed by atoms with Crippen LogP contribution in [-0.2, 0) is 9.53 Å². The third kappa shape index (κ3) is 6.23. The van der Waals surface area contributed by atoms with Gasteiger partial charge in [-0.05, 0) is 32.4 Å². The summed E-state index contributed by atoms with van der Waals surface area (Å²) in [6, 6.07) is 0. The molecule has 0 bridgehead atoms. The van der Waals surface area contributed by atoms with E-state index in [2.05, 4.69) is 12.2 Å². The number of unbranched alkanes of at least 4 members (excludes halogenated alkanes) is 2. The molecule has 16 heavy (non-hydrogen) atoms. The van der Waals surface area contributed by atoms with Crippen molar-refractivity contribution in [1.29, 1.82) is 0 Å². The van der Waals surface area contributed by atoms with Crippen molar-refractivity contribution in [3.05, 3.63) is 0 Å². The Morgan fingerprint density at radius 2 is 2.00 bits per heavy atom. The van der Waals surface area contributed by atoms with Crippen molar-refractivity contribution in [2.75, 3.05) is 19.7 Å². The maximum atomic E-state index is 11.5. The summed E-state index contributed by atoms with van der Waals surface area (Å²) in [5, 5.41) is 3.30. The van der Waals surface area contributed by atoms with Gasteiger partial charge >= 0.3 is 0 Å². The summed E-state index contributed by atoms with van der Waals surface area (Å²) in [6.07, 6.45) is 7.29. The third-order valence-corrected chi connectivity index (χ3v) is 3.08. The SMILES string of the molecule is CCCCCC(=O)CCOC1CCNCC1. The number of hydrogen-bond donors (Lipinski definition) is 1. The summed E-state index contributed by atoms with van der Waals surface area (Å²) < 4.78 is 5.70. The molecular weight excluding hydrogens is 202 g/mol. The first-order valence-corrected chi connectivity index (χ1v) is 6.67. The van der Waals surface area contributed by atoms with Crippen LogP contribution in [0.3, 0.4) is 0 Å². The molecule has 0 aromatic carbocycles. The van der Waals surface area contributed by atoms with Gasteiger partial charge in [0.25, 0.3) is 0 Å². The summed E-state index contributed by atoms with van der Waals surface area (Å²) >= 11 is 0. The first kappa shape index (κ1) is 13.7. The van der Waals surface area contributed by atoms with Gasteiger partial charge in [-0.15, -0.1) is 0 Å². The number of ether oxygens (including phenoxy) is 1. The summed E-state index contributed by atoms with van der Waals surface area (Å²) in [5.74, 6) is 0.363. The van der Waals surface area contributed by atoms with Gasteiger partial charge in [-0.25, -0.2) is 0 Å². The van der Waals surface area contributed by atoms with Crippen molar-refractivity contribution in [3.63, 3.8) is 0 Å². The Morgan fingerprint density at radius 1 is 1.25 bits per heavy atom. The highest BCUT2D eigenvalue weighted by Crippen LogP contribution is 2.08. The molecule has 1 aliphatic heterocycles. The van der Waals surface area contributed by atoms with Crippen LogP contribution in [0.4, 0.5) is 0 Å². The fourth-order valence-electron chi connectivity index (χ4n) is 2.00. The lowest BCUT2D eigenvalue weighted by Gasteiger charge is -2.22. The van der Waals surface area contributed by atoms with E-state index >= 15 is 0 Å². The minimum absolute atomic E-state index is 0.363. The number of carbonyl (C=O) groups excluding carboxylic acids is 1. The highest BCUT2D eigenvalue weighted by atomic mass is 16.5. The fraction of sp³-hybridized carbons (Fsp3) is 0.923. The van der Waals surface area contributed by atoms with E-state index in [1.165, 1.54) is 12.8 Å². The quantitative estimate of drug-likeness (QED) is 0.647. The molecule has 3 nitrogen and oxygen atoms in total. The average molecular weight is 227 g/mol. The highest BCUT2D eigenvalue weighted by molar-refractivity contribution is 5.78. The molecule has 1 N–H and O–H groups in total. The van der Waals surface area contributed by atoms with E-state index in [1.54, 1.807) is 0 Å². The molecule has 0 aliphatic carbocycles. The minimum atomic E-state index is 0.363. The number of nitrogens with one attached hydrogen (secondary N) is 1. The Labute approximate surface area is 98.9 Å². The normalized spacial score (nSPS) is 17.6. The summed E-state index contributed by atoms with van der Waals surface area (Å²) in [4.78, 5) is 11.5. The second-order valence-electron chi connectivity index (χ2n) is 4.57. The van der Waals surface area contributed by atoms with E-state index < -0.39 is 0 Å². The van der Waals surface area contributed by atoms with Crippen LogP contribution >= 0.6 is 0 Å². The van der Waals surface area contributed by atoms with Gasteiger partial charge in [0.15, 0.2) is 0 Å². The molecule has 1 rings (SSSR count). The Hall–Kier alpha value is -0.410. The van der Waals surface area contributed by atoms with Crippen LogP contribution in [0.1, 0.15) is 51.9 Å². The van der Waals surface area contributed by atoms with E-state index in [9.17, 15) is 4.79 Å². The number of ketones is 1. The largest absolute Gasteiger partial charge is 0.378 e. The lowest BCUT2D eigenvalue weighted by molar-refractivity contribution is -0.120. The van der Waals surface area contributed by atoms with Gasteiger partial charge in [0.2, 0.25) is 0 Å². The maximum absolute atomic E-state index is 11.5. The van der Waals surface area contributed by atoms with Crippen molar-refractivity contribution < 1.29 is 9.53 Å². The van der Waals surface area contributed by atoms with Gasteiger partial charge in [-0.2, -0.15) is 0 Å². The average Bonchev–Trinajstić information content (AvgIpc) is 2.31. The van der Waals surface area contributed by atoms with Crippen molar-refractivity contribution in [3.8, 4) is 0 Å². The van der Waals surface area contributed by atoms with Crippen molar-refractivity contribution >= 4 is 5.78 Å². The topological polar surface area (TPSA) is 38.3 Å². The fourth-order valence-corrected chi connectivity index (χ4v) is 2.00. The molecule has 0 aromatic rings. The lowest BCUT2D eigenvalue weighted by Crippen LogP contribution is -2.32. The Balaban J connectivity index is 1.94. The van der Waals surface area contributed by atoms with Gasteiger partial charge < -0.3 is 10.1 Å². The Bertz CT molecular complexity index is 188. The molecule has 0 unspecified atom stereocenters. The Kier molecular flexibility index (Phi) is 7.43. The standard InChI is InChI=1S/C13H25NO2/c1-2-3-4-5-12(15)8-11-16-13-6-9-14-10-7-13/h13-14H,2-11H2,1H3. The van der Waals surface area contributed by atoms with Gasteiger partial charge in [0.1, 0.15) is 5.78 Å². The first-order valence-electron chi connectivity index (χ1n) is 6.67. The van der Waals surface area contributed by atoms with Gasteiger partial charge in [-0.1, -0.05) is 19.8 Å². The van der Waals surface area contributed by atoms with Crippen LogP contribution in [0.2, 0.25) is 0 Å². The molecular formula is C13H25NO2. The molecule has 0 spiro atoms. The monoisotopic (exact) mass is 227 g/mol. The molecule has 1 fully saturated rings. The number of piperidine rings is 1. The van der Waals surface area contributed by atoms with Gasteiger partial charge in [0.05, 0.1) is 12.7 Å². The molecule has 94 valence electrons. The zero-order valence-corrected chi connectivity index (χ0v) is 10.5. The van der Waals surface area contributed by atoms with Gasteiger partial charge in [-0.3, -0.25) is 4.79 Å². The molecule has 0 atom stereocenters. The van der Waals surface area contributed by atoms with E-state index in [-0.39, 0.29) is 0 Å². The first-order chi connectivity index (χ1) is 7.83. The zero-order valence-electron chi connectivity index (χ0n) is 10.5. The predicted octanol–water partition coefficient (Wildman–Crippen LogP) is 2.29. The predicted molar refractivity (Wildman–Crippen MR) is 65.6 cm³/mol. The van der Waals surface area contributed by atoms with Crippen LogP contribution in [0.5, 0.6) is 0 Å². The summed E-state index contributed by atoms with van der Waals surface area (Å²) in [7, 11) is 0. The molecule has 1 saturated heterocycles. The molecule has 0 amide bonds. The maximum Gasteiger partial charge on any atom is 0.135 e. The smallest absolute Gasteiger partial charge is 0.135 e. The van der Waals surface area contributed by atoms with Crippen LogP contribution in [0.15, 0.2) is 0 Å². The lowest BCUT2D eigenvalue weighted by atomic mass is 10.1. The van der Waals surface area contributed by atoms with Crippen LogP contribution < -0.4 is 5.32 Å². The molecule has 1 aliphatic rings. The molecule has 0 saturated carbocycles. The third-order valence-electron chi connectivity index (χ3n) is 3.08. The second-order valence-corrected chi connectivity index (χ2v) is 4.57. The molecule has 3 heteroatoms. The van der Waals surface area contributed by atoms with Gasteiger partial charge in [0, 0.05) is 12.8 Å². The van der Waals surface area contributed by atoms with E-state index in [0.717, 1.165) is 38.8 Å². The van der Waals surface area contributed by atoms with Crippen LogP contribution in [0.25, 0.3) is 0 Å². The molecule has 1 heterocycles. The number of rotatable bonds is 8. The van der Waals surface area contributed by atoms with Crippen LogP contribution in [-0.4, -0.2) is 31.6 Å². The van der Waals surface area contributed by atoms with E-state index in [1.807, 2.05) is 0 Å². The summed E-state index contributed by atoms with van der Waals surface area (Å²) in [6.45, 7) is 4.88. The molecule has 0 aromatic heterocycles. The van der Waals surface area contributed by atoms with E-state index in [4.69, 9.17) is 4.74 Å². The van der Waals surface area contributed by atoms with Crippen LogP contribution in [0, 0.1) is 0 Å². The number of Topliss-reactive ketones (excluding diaryl/α,β-unsaturated/α-hetero) is 1. The zero-order chi connectivity index (χ0) is 11.6. The van der Waals surface area contributed by atoms with E-state index in [0.29, 0.717) is 24.9 Å². The number of hydrogen-bond acceptors (Lipinski definition) is 3. The van der Waals surface area contributed by atoms with Crippen molar-refractivity contribution in [2.45, 2.75) is 58.0 Å². The number of carbonyl (C=O) groups is 1. The molecule has 0 radical (unpaired) electrons.